The van der Waals surface area contributed by atoms with E-state index in [4.69, 9.17) is 28.6 Å². The van der Waals surface area contributed by atoms with E-state index in [1.807, 2.05) is 172 Å². The molecule has 4 aliphatic rings. The van der Waals surface area contributed by atoms with E-state index in [2.05, 4.69) is 119 Å². The summed E-state index contributed by atoms with van der Waals surface area (Å²) in [6.07, 6.45) is 14.0. The number of aromatic nitrogens is 9. The summed E-state index contributed by atoms with van der Waals surface area (Å²) in [5, 5.41) is 7.84. The zero-order valence-corrected chi connectivity index (χ0v) is 59.4. The molecule has 0 fully saturated rings. The standard InChI is InChI=1S/2C22H22N4O.C20H18N4O.C19H17N5O/c2*1-13(2)25-15(4)26(18-8-6-11-23-21(18)25)19-14(3)9-10-16-17-7-5-12-24-22(17)27-20(16)19;1-12-8-9-14-15-6-4-11-22-20(15)25-18(14)17(12)24-13(2)23(3)19-16(24)7-5-10-21-19;1-11-6-7-13-14-5-4-8-22-19(14)25-16(13)15(11)24-12(2)23(3)17-18(24)21-10-9-20-17/h2*5-13,15H,1-4H3;4-11,13H,1-3H3;4-10,12H,1-3H3/i2*13D;2*3D3. The Labute approximate surface area is 612 Å². The molecule has 104 heavy (non-hydrogen) atoms. The second-order valence-corrected chi connectivity index (χ2v) is 26.9. The van der Waals surface area contributed by atoms with Crippen molar-refractivity contribution in [3.8, 4) is 0 Å². The van der Waals surface area contributed by atoms with Crippen molar-refractivity contribution in [1.29, 1.82) is 0 Å². The lowest BCUT2D eigenvalue weighted by Gasteiger charge is -2.33. The van der Waals surface area contributed by atoms with E-state index in [0.29, 0.717) is 51.5 Å². The number of hydrogen-bond donors (Lipinski definition) is 0. The number of rotatable bonds is 6. The smallest absolute Gasteiger partial charge is 0.227 e. The number of fused-ring (bicyclic) bond motifs is 16. The normalized spacial score (nSPS) is 18.3. The van der Waals surface area contributed by atoms with Gasteiger partial charge in [-0.1, -0.05) is 48.5 Å². The average Bonchev–Trinajstić information content (AvgIpc) is 1.58. The molecular formula is C83H79N17O4. The maximum absolute atomic E-state index is 8.67. The maximum Gasteiger partial charge on any atom is 0.227 e. The lowest BCUT2D eigenvalue weighted by molar-refractivity contribution is 0.597. The summed E-state index contributed by atoms with van der Waals surface area (Å²) in [5.41, 5.74) is 15.9. The van der Waals surface area contributed by atoms with E-state index in [-0.39, 0.29) is 12.3 Å². The van der Waals surface area contributed by atoms with Crippen LogP contribution in [0.25, 0.3) is 88.3 Å². The topological polar surface area (TPSA) is 194 Å². The number of pyridine rings is 7. The number of aryl methyl sites for hydroxylation is 4. The monoisotopic (exact) mass is 1390 g/mol. The van der Waals surface area contributed by atoms with Gasteiger partial charge < -0.3 is 52.0 Å². The zero-order chi connectivity index (χ0) is 78.5. The molecule has 4 aromatic carbocycles. The molecule has 0 bridgehead atoms. The van der Waals surface area contributed by atoms with Crippen molar-refractivity contribution in [2.45, 2.75) is 120 Å². The third-order valence-electron chi connectivity index (χ3n) is 20.2. The van der Waals surface area contributed by atoms with Gasteiger partial charge >= 0.3 is 0 Å². The van der Waals surface area contributed by atoms with E-state index in [1.54, 1.807) is 49.6 Å². The molecule has 21 nitrogen and oxygen atoms in total. The second-order valence-electron chi connectivity index (χ2n) is 26.9. The van der Waals surface area contributed by atoms with Crippen molar-refractivity contribution >= 4 is 157 Å². The lowest BCUT2D eigenvalue weighted by atomic mass is 10.1. The van der Waals surface area contributed by atoms with Crippen LogP contribution in [-0.2, 0) is 0 Å². The molecule has 0 saturated carbocycles. The molecule has 21 heteroatoms. The van der Waals surface area contributed by atoms with E-state index in [0.717, 1.165) is 128 Å². The summed E-state index contributed by atoms with van der Waals surface area (Å²) in [5.74, 6) is 2.91. The lowest BCUT2D eigenvalue weighted by Crippen LogP contribution is -2.42. The highest BCUT2D eigenvalue weighted by molar-refractivity contribution is 6.13. The average molecular weight is 1390 g/mol. The summed E-state index contributed by atoms with van der Waals surface area (Å²) >= 11 is 0. The molecule has 520 valence electrons. The van der Waals surface area contributed by atoms with Crippen LogP contribution >= 0.6 is 0 Å². The second kappa shape index (κ2) is 25.3. The Morgan fingerprint density at radius 1 is 0.308 bits per heavy atom. The van der Waals surface area contributed by atoms with Gasteiger partial charge in [0.05, 0.1) is 42.6 Å². The molecule has 0 N–H and O–H groups in total. The fourth-order valence-corrected chi connectivity index (χ4v) is 15.5. The minimum absolute atomic E-state index is 0.0807. The van der Waals surface area contributed by atoms with Crippen molar-refractivity contribution in [2.75, 3.05) is 53.2 Å². The number of hydrogen-bond acceptors (Lipinski definition) is 21. The molecule has 4 atom stereocenters. The molecule has 0 radical (unpaired) electrons. The highest BCUT2D eigenvalue weighted by Crippen LogP contribution is 2.52. The van der Waals surface area contributed by atoms with Crippen molar-refractivity contribution < 1.29 is 28.6 Å². The van der Waals surface area contributed by atoms with Gasteiger partial charge in [0.1, 0.15) is 24.7 Å². The van der Waals surface area contributed by atoms with Crippen molar-refractivity contribution in [1.82, 2.24) is 44.9 Å². The fourth-order valence-electron chi connectivity index (χ4n) is 15.5. The van der Waals surface area contributed by atoms with Crippen LogP contribution in [-0.4, -0.2) is 95.5 Å². The zero-order valence-electron chi connectivity index (χ0n) is 67.4. The molecule has 0 amide bonds. The van der Waals surface area contributed by atoms with Crippen LogP contribution in [0.5, 0.6) is 0 Å². The number of benzene rings is 4. The van der Waals surface area contributed by atoms with Crippen LogP contribution in [0.1, 0.15) is 88.6 Å². The van der Waals surface area contributed by atoms with Gasteiger partial charge in [0.2, 0.25) is 22.9 Å². The van der Waals surface area contributed by atoms with Gasteiger partial charge in [0.15, 0.2) is 51.4 Å². The van der Waals surface area contributed by atoms with Gasteiger partial charge in [-0.3, -0.25) is 4.90 Å². The van der Waals surface area contributed by atoms with E-state index >= 15 is 0 Å². The van der Waals surface area contributed by atoms with Crippen LogP contribution in [0.2, 0.25) is 0 Å². The van der Waals surface area contributed by atoms with Gasteiger partial charge in [-0.15, -0.1) is 0 Å². The summed E-state index contributed by atoms with van der Waals surface area (Å²) in [6, 6.07) is 42.2. The van der Waals surface area contributed by atoms with Crippen molar-refractivity contribution in [3.63, 3.8) is 0 Å². The van der Waals surface area contributed by atoms with Crippen LogP contribution in [0.3, 0.4) is 0 Å². The number of furan rings is 4. The van der Waals surface area contributed by atoms with Crippen molar-refractivity contribution in [2.24, 2.45) is 0 Å². The first-order chi connectivity index (χ1) is 53.5. The molecule has 0 spiro atoms. The molecule has 4 aliphatic heterocycles. The Balaban J connectivity index is 0.000000108. The highest BCUT2D eigenvalue weighted by Gasteiger charge is 2.42. The SMILES string of the molecule is [2H]C(C)(C)N1c2ncccc2N(c2c(C)ccc3c2oc2ncccc23)C1C.[2H]C(C)(C)N1c2ncccc2N(c2c(C)ccc3c2oc2ncccc23)C1C.[2H]C([2H])([2H])N1c2ncccc2N(c2c(C)ccc3c2oc2ncccc23)C1C.[2H]C([2H])([2H])N1c2nccnc2N(c2c(C)ccc3c2oc2ncccc23)C1C. The quantitative estimate of drug-likeness (QED) is 0.152. The molecule has 0 aliphatic carbocycles. The van der Waals surface area contributed by atoms with E-state index in [1.165, 1.54) is 16.0 Å². The van der Waals surface area contributed by atoms with Crippen LogP contribution in [0.4, 0.5) is 68.9 Å². The first-order valence-electron chi connectivity index (χ1n) is 38.6. The Bertz CT molecular complexity index is 5620. The van der Waals surface area contributed by atoms with Gasteiger partial charge in [0.25, 0.3) is 0 Å². The Morgan fingerprint density at radius 2 is 0.587 bits per heavy atom. The maximum atomic E-state index is 8.67. The summed E-state index contributed by atoms with van der Waals surface area (Å²) in [4.78, 5) is 54.9. The highest BCUT2D eigenvalue weighted by atomic mass is 16.4. The molecule has 12 aromatic heterocycles. The molecule has 4 unspecified atom stereocenters. The first kappa shape index (κ1) is 56.3. The predicted octanol–water partition coefficient (Wildman–Crippen LogP) is 19.4. The Morgan fingerprint density at radius 3 is 0.942 bits per heavy atom. The van der Waals surface area contributed by atoms with Crippen LogP contribution in [0, 0.1) is 27.7 Å². The summed E-state index contributed by atoms with van der Waals surface area (Å²) < 4.78 is 90.0. The van der Waals surface area contributed by atoms with Crippen LogP contribution in [0.15, 0.2) is 207 Å². The third-order valence-corrected chi connectivity index (χ3v) is 20.2. The Hall–Kier alpha value is -12.4. The minimum Gasteiger partial charge on any atom is -0.435 e. The molecular weight excluding hydrogens is 1300 g/mol. The third kappa shape index (κ3) is 10.1. The van der Waals surface area contributed by atoms with Gasteiger partial charge in [-0.25, -0.2) is 44.9 Å². The molecule has 0 saturated heterocycles. The number of nitrogens with zero attached hydrogens (tertiary/aromatic N) is 17. The predicted molar refractivity (Wildman–Crippen MR) is 418 cm³/mol. The first-order valence-corrected chi connectivity index (χ1v) is 34.6. The largest absolute Gasteiger partial charge is 0.435 e. The Kier molecular flexibility index (Phi) is 13.7. The van der Waals surface area contributed by atoms with Gasteiger partial charge in [0, 0.05) is 133 Å². The minimum atomic E-state index is -2.35. The van der Waals surface area contributed by atoms with Gasteiger partial charge in [-0.05, 0) is 190 Å². The van der Waals surface area contributed by atoms with Crippen LogP contribution < -0.4 is 39.2 Å². The fraction of sp³-hybridized carbons (Fsp3) is 0.241. The van der Waals surface area contributed by atoms with E-state index < -0.39 is 38.3 Å². The van der Waals surface area contributed by atoms with Gasteiger partial charge in [-0.2, -0.15) is 0 Å². The molecule has 20 rings (SSSR count). The van der Waals surface area contributed by atoms with Crippen molar-refractivity contribution in [3.05, 3.63) is 211 Å². The van der Waals surface area contributed by atoms with E-state index in [9.17, 15) is 0 Å². The molecule has 16 aromatic rings. The molecule has 16 heterocycles. The number of anilines is 12. The summed E-state index contributed by atoms with van der Waals surface area (Å²) in [7, 11) is 0. The summed E-state index contributed by atoms with van der Waals surface area (Å²) in [6.45, 7) is 19.0.